The molecular weight excluding hydrogens is 370 g/mol. The van der Waals surface area contributed by atoms with E-state index in [0.29, 0.717) is 12.1 Å². The van der Waals surface area contributed by atoms with Crippen molar-refractivity contribution in [3.05, 3.63) is 57.4 Å². The zero-order valence-corrected chi connectivity index (χ0v) is 11.4. The van der Waals surface area contributed by atoms with Gasteiger partial charge in [0.25, 0.3) is 5.69 Å². The summed E-state index contributed by atoms with van der Waals surface area (Å²) in [6.45, 7) is 0. The topological polar surface area (TPSA) is 52.4 Å². The van der Waals surface area contributed by atoms with Gasteiger partial charge in [-0.25, -0.2) is 22.0 Å². The van der Waals surface area contributed by atoms with Crippen molar-refractivity contribution in [3.63, 3.8) is 0 Å². The molecule has 4 nitrogen and oxygen atoms in total. The van der Waals surface area contributed by atoms with Gasteiger partial charge in [0.15, 0.2) is 23.3 Å². The van der Waals surface area contributed by atoms with E-state index < -0.39 is 62.9 Å². The second-order valence-corrected chi connectivity index (χ2v) is 4.43. The van der Waals surface area contributed by atoms with Crippen molar-refractivity contribution in [1.82, 2.24) is 0 Å². The fraction of sp³-hybridized carbons (Fsp3) is 0.0769. The van der Waals surface area contributed by atoms with Crippen molar-refractivity contribution >= 4 is 5.69 Å². The monoisotopic (exact) mass is 373 g/mol. The van der Waals surface area contributed by atoms with Crippen LogP contribution in [0.3, 0.4) is 0 Å². The van der Waals surface area contributed by atoms with Gasteiger partial charge in [-0.3, -0.25) is 10.1 Å². The quantitative estimate of drug-likeness (QED) is 0.254. The van der Waals surface area contributed by atoms with E-state index in [0.717, 1.165) is 0 Å². The van der Waals surface area contributed by atoms with Crippen molar-refractivity contribution in [1.29, 1.82) is 0 Å². The average Bonchev–Trinajstić information content (AvgIpc) is 2.50. The standard InChI is InChI=1S/C13H3F8NO3/c14-8-7(9(15)11(17)12(18)10(8)16)5-2-1-4(25-13(19,20)21)3-6(5)22(23)24/h1-3H. The highest BCUT2D eigenvalue weighted by Gasteiger charge is 2.34. The lowest BCUT2D eigenvalue weighted by Gasteiger charge is -2.12. The minimum absolute atomic E-state index is 0.140. The molecule has 0 saturated carbocycles. The number of rotatable bonds is 3. The Morgan fingerprint density at radius 3 is 1.80 bits per heavy atom. The van der Waals surface area contributed by atoms with Gasteiger partial charge >= 0.3 is 6.36 Å². The first-order valence-corrected chi connectivity index (χ1v) is 6.00. The lowest BCUT2D eigenvalue weighted by molar-refractivity contribution is -0.384. The fourth-order valence-corrected chi connectivity index (χ4v) is 1.91. The summed E-state index contributed by atoms with van der Waals surface area (Å²) < 4.78 is 107. The molecule has 0 bridgehead atoms. The second-order valence-electron chi connectivity index (χ2n) is 4.43. The van der Waals surface area contributed by atoms with E-state index in [-0.39, 0.29) is 6.07 Å². The molecule has 2 aromatic carbocycles. The largest absolute Gasteiger partial charge is 0.573 e. The Labute approximate surface area is 132 Å². The zero-order chi connectivity index (χ0) is 19.1. The highest BCUT2D eigenvalue weighted by Crippen LogP contribution is 2.39. The lowest BCUT2D eigenvalue weighted by Crippen LogP contribution is -2.17. The van der Waals surface area contributed by atoms with Crippen molar-refractivity contribution in [2.24, 2.45) is 0 Å². The van der Waals surface area contributed by atoms with E-state index in [9.17, 15) is 45.2 Å². The lowest BCUT2D eigenvalue weighted by atomic mass is 10.0. The summed E-state index contributed by atoms with van der Waals surface area (Å²) in [6, 6.07) is 0.937. The molecule has 0 N–H and O–H groups in total. The molecule has 0 saturated heterocycles. The second kappa shape index (κ2) is 6.18. The van der Waals surface area contributed by atoms with Gasteiger partial charge in [-0.1, -0.05) is 0 Å². The highest BCUT2D eigenvalue weighted by molar-refractivity contribution is 5.75. The van der Waals surface area contributed by atoms with E-state index in [2.05, 4.69) is 4.74 Å². The Morgan fingerprint density at radius 2 is 1.36 bits per heavy atom. The fourth-order valence-electron chi connectivity index (χ4n) is 1.91. The molecule has 0 aromatic heterocycles. The molecule has 25 heavy (non-hydrogen) atoms. The van der Waals surface area contributed by atoms with E-state index >= 15 is 0 Å². The first-order valence-electron chi connectivity index (χ1n) is 6.00. The van der Waals surface area contributed by atoms with E-state index in [1.54, 1.807) is 0 Å². The number of hydrogen-bond donors (Lipinski definition) is 0. The van der Waals surface area contributed by atoms with E-state index in [1.807, 2.05) is 0 Å². The Bertz CT molecular complexity index is 836. The number of nitro groups is 1. The first-order chi connectivity index (χ1) is 11.4. The molecule has 0 aliphatic rings. The highest BCUT2D eigenvalue weighted by atomic mass is 19.4. The molecule has 0 aliphatic carbocycles. The molecule has 2 rings (SSSR count). The normalized spacial score (nSPS) is 11.5. The number of benzene rings is 2. The van der Waals surface area contributed by atoms with Crippen LogP contribution in [0.1, 0.15) is 0 Å². The van der Waals surface area contributed by atoms with Crippen LogP contribution in [0.25, 0.3) is 11.1 Å². The summed E-state index contributed by atoms with van der Waals surface area (Å²) in [6.07, 6.45) is -5.22. The van der Waals surface area contributed by atoms with Crippen LogP contribution in [0.5, 0.6) is 5.75 Å². The van der Waals surface area contributed by atoms with Gasteiger partial charge in [0.1, 0.15) is 5.75 Å². The average molecular weight is 373 g/mol. The van der Waals surface area contributed by atoms with Crippen molar-refractivity contribution in [2.45, 2.75) is 6.36 Å². The molecule has 0 amide bonds. The van der Waals surface area contributed by atoms with Gasteiger partial charge in [-0.05, 0) is 12.1 Å². The summed E-state index contributed by atoms with van der Waals surface area (Å²) >= 11 is 0. The first kappa shape index (κ1) is 18.4. The molecule has 12 heteroatoms. The number of halogens is 8. The third-order valence-corrected chi connectivity index (χ3v) is 2.88. The van der Waals surface area contributed by atoms with Crippen LogP contribution in [-0.2, 0) is 0 Å². The van der Waals surface area contributed by atoms with Crippen LogP contribution in [0.2, 0.25) is 0 Å². The number of nitro benzene ring substituents is 1. The summed E-state index contributed by atoms with van der Waals surface area (Å²) in [5.74, 6) is -13.1. The number of hydrogen-bond acceptors (Lipinski definition) is 3. The van der Waals surface area contributed by atoms with E-state index in [4.69, 9.17) is 0 Å². The van der Waals surface area contributed by atoms with Gasteiger partial charge in [0.2, 0.25) is 5.82 Å². The molecule has 0 unspecified atom stereocenters. The summed E-state index contributed by atoms with van der Waals surface area (Å²) in [5.41, 5.74) is -4.13. The van der Waals surface area contributed by atoms with E-state index in [1.165, 1.54) is 0 Å². The smallest absolute Gasteiger partial charge is 0.406 e. The van der Waals surface area contributed by atoms with Crippen LogP contribution in [0.15, 0.2) is 18.2 Å². The van der Waals surface area contributed by atoms with Crippen LogP contribution < -0.4 is 4.74 Å². The molecule has 0 fully saturated rings. The molecule has 0 heterocycles. The van der Waals surface area contributed by atoms with Crippen LogP contribution in [-0.4, -0.2) is 11.3 Å². The Hall–Kier alpha value is -2.92. The molecular formula is C13H3F8NO3. The molecule has 0 atom stereocenters. The van der Waals surface area contributed by atoms with Crippen LogP contribution >= 0.6 is 0 Å². The molecule has 2 aromatic rings. The minimum atomic E-state index is -5.22. The third-order valence-electron chi connectivity index (χ3n) is 2.88. The predicted molar refractivity (Wildman–Crippen MR) is 65.0 cm³/mol. The van der Waals surface area contributed by atoms with Crippen molar-refractivity contribution in [2.75, 3.05) is 0 Å². The summed E-state index contributed by atoms with van der Waals surface area (Å²) in [5, 5.41) is 10.9. The molecule has 134 valence electrons. The Kier molecular flexibility index (Phi) is 4.55. The number of nitrogens with zero attached hydrogens (tertiary/aromatic N) is 1. The Balaban J connectivity index is 2.75. The molecule has 0 spiro atoms. The van der Waals surface area contributed by atoms with Gasteiger partial charge in [-0.2, -0.15) is 0 Å². The maximum Gasteiger partial charge on any atom is 0.573 e. The third kappa shape index (κ3) is 3.46. The minimum Gasteiger partial charge on any atom is -0.406 e. The van der Waals surface area contributed by atoms with Crippen LogP contribution in [0, 0.1) is 39.2 Å². The van der Waals surface area contributed by atoms with Gasteiger partial charge in [-0.15, -0.1) is 13.2 Å². The van der Waals surface area contributed by atoms with Crippen LogP contribution in [0.4, 0.5) is 40.8 Å². The zero-order valence-electron chi connectivity index (χ0n) is 11.4. The van der Waals surface area contributed by atoms with Crippen molar-refractivity contribution in [3.8, 4) is 16.9 Å². The number of ether oxygens (including phenoxy) is 1. The molecule has 0 radical (unpaired) electrons. The Morgan fingerprint density at radius 1 is 0.880 bits per heavy atom. The summed E-state index contributed by atoms with van der Waals surface area (Å²) in [4.78, 5) is 9.57. The maximum absolute atomic E-state index is 13.7. The van der Waals surface area contributed by atoms with Gasteiger partial charge in [0.05, 0.1) is 22.1 Å². The number of alkyl halides is 3. The SMILES string of the molecule is O=[N+]([O-])c1cc(OC(F)(F)F)ccc1-c1c(F)c(F)c(F)c(F)c1F. The molecule has 0 aliphatic heterocycles. The maximum atomic E-state index is 13.7. The van der Waals surface area contributed by atoms with Gasteiger partial charge in [0, 0.05) is 0 Å². The summed E-state index contributed by atoms with van der Waals surface area (Å²) in [7, 11) is 0. The predicted octanol–water partition coefficient (Wildman–Crippen LogP) is 4.86. The van der Waals surface area contributed by atoms with Gasteiger partial charge < -0.3 is 4.74 Å². The van der Waals surface area contributed by atoms with Crippen molar-refractivity contribution < 1.29 is 44.8 Å².